The first kappa shape index (κ1) is 13.1. The quantitative estimate of drug-likeness (QED) is 0.831. The molecular weight excluding hydrogens is 205 g/mol. The number of nitrogens with one attached hydrogen (secondary N) is 1. The van der Waals surface area contributed by atoms with Crippen molar-refractivity contribution in [1.29, 1.82) is 0 Å². The van der Waals surface area contributed by atoms with E-state index in [1.54, 1.807) is 21.0 Å². The summed E-state index contributed by atoms with van der Waals surface area (Å²) in [5.74, 6) is -0.103. The van der Waals surface area contributed by atoms with Crippen LogP contribution in [0.3, 0.4) is 0 Å². The zero-order valence-corrected chi connectivity index (χ0v) is 10.4. The number of hydrogen-bond acceptors (Lipinski definition) is 2. The summed E-state index contributed by atoms with van der Waals surface area (Å²) in [5.41, 5.74) is 2.52. The molecule has 1 atom stereocenters. The van der Waals surface area contributed by atoms with Gasteiger partial charge in [-0.25, -0.2) is 4.39 Å². The maximum absolute atomic E-state index is 13.4. The molecule has 0 heterocycles. The molecule has 0 fully saturated rings. The van der Waals surface area contributed by atoms with Gasteiger partial charge < -0.3 is 10.1 Å². The van der Waals surface area contributed by atoms with Gasteiger partial charge in [-0.05, 0) is 37.5 Å². The van der Waals surface area contributed by atoms with E-state index in [-0.39, 0.29) is 11.9 Å². The van der Waals surface area contributed by atoms with Gasteiger partial charge in [0.05, 0.1) is 6.10 Å². The average molecular weight is 225 g/mol. The third-order valence-electron chi connectivity index (χ3n) is 2.66. The zero-order chi connectivity index (χ0) is 12.1. The van der Waals surface area contributed by atoms with Gasteiger partial charge in [-0.2, -0.15) is 0 Å². The van der Waals surface area contributed by atoms with Crippen molar-refractivity contribution < 1.29 is 9.13 Å². The van der Waals surface area contributed by atoms with Gasteiger partial charge in [0.1, 0.15) is 5.82 Å². The van der Waals surface area contributed by atoms with Crippen LogP contribution in [-0.4, -0.2) is 19.8 Å². The van der Waals surface area contributed by atoms with E-state index in [1.807, 2.05) is 19.1 Å². The molecule has 0 saturated carbocycles. The predicted molar refractivity (Wildman–Crippen MR) is 64.1 cm³/mol. The predicted octanol–water partition coefficient (Wildman–Crippen LogP) is 2.57. The molecule has 90 valence electrons. The molecule has 1 rings (SSSR count). The molecule has 16 heavy (non-hydrogen) atoms. The Morgan fingerprint density at radius 3 is 2.38 bits per heavy atom. The van der Waals surface area contributed by atoms with Crippen LogP contribution in [0.15, 0.2) is 12.1 Å². The van der Waals surface area contributed by atoms with E-state index in [4.69, 9.17) is 4.74 Å². The van der Waals surface area contributed by atoms with Crippen LogP contribution in [0.1, 0.15) is 23.6 Å². The summed E-state index contributed by atoms with van der Waals surface area (Å²) in [7, 11) is 1.69. The third-order valence-corrected chi connectivity index (χ3v) is 2.66. The highest BCUT2D eigenvalue weighted by molar-refractivity contribution is 5.30. The van der Waals surface area contributed by atoms with Crippen LogP contribution in [0, 0.1) is 19.7 Å². The molecule has 2 nitrogen and oxygen atoms in total. The molecule has 0 aliphatic rings. The zero-order valence-electron chi connectivity index (χ0n) is 10.4. The SMILES string of the molecule is COC(C)CNCc1cc(C)c(F)c(C)c1. The maximum atomic E-state index is 13.4. The number of ether oxygens (including phenoxy) is 1. The molecule has 0 radical (unpaired) electrons. The number of aryl methyl sites for hydroxylation is 2. The molecule has 0 aliphatic carbocycles. The highest BCUT2D eigenvalue weighted by atomic mass is 19.1. The fourth-order valence-electron chi connectivity index (χ4n) is 1.64. The molecule has 0 aliphatic heterocycles. The van der Waals surface area contributed by atoms with E-state index in [9.17, 15) is 4.39 Å². The van der Waals surface area contributed by atoms with Crippen LogP contribution >= 0.6 is 0 Å². The van der Waals surface area contributed by atoms with E-state index < -0.39 is 0 Å². The second-order valence-corrected chi connectivity index (χ2v) is 4.22. The number of halogens is 1. The maximum Gasteiger partial charge on any atom is 0.129 e. The number of methoxy groups -OCH3 is 1. The first-order valence-electron chi connectivity index (χ1n) is 5.53. The van der Waals surface area contributed by atoms with Crippen molar-refractivity contribution in [2.45, 2.75) is 33.4 Å². The van der Waals surface area contributed by atoms with Crippen molar-refractivity contribution in [1.82, 2.24) is 5.32 Å². The highest BCUT2D eigenvalue weighted by Crippen LogP contribution is 2.14. The van der Waals surface area contributed by atoms with Crippen molar-refractivity contribution in [3.63, 3.8) is 0 Å². The van der Waals surface area contributed by atoms with Crippen LogP contribution in [0.25, 0.3) is 0 Å². The van der Waals surface area contributed by atoms with Crippen LogP contribution < -0.4 is 5.32 Å². The Hall–Kier alpha value is -0.930. The lowest BCUT2D eigenvalue weighted by molar-refractivity contribution is 0.117. The van der Waals surface area contributed by atoms with Gasteiger partial charge in [0.15, 0.2) is 0 Å². The molecular formula is C13H20FNO. The molecule has 0 aromatic heterocycles. The second kappa shape index (κ2) is 5.97. The summed E-state index contributed by atoms with van der Waals surface area (Å²) in [6, 6.07) is 3.76. The molecule has 0 bridgehead atoms. The van der Waals surface area contributed by atoms with Crippen molar-refractivity contribution >= 4 is 0 Å². The average Bonchev–Trinajstić information content (AvgIpc) is 2.25. The van der Waals surface area contributed by atoms with Crippen molar-refractivity contribution in [3.05, 3.63) is 34.6 Å². The van der Waals surface area contributed by atoms with Gasteiger partial charge in [-0.1, -0.05) is 12.1 Å². The monoisotopic (exact) mass is 225 g/mol. The number of rotatable bonds is 5. The Labute approximate surface area is 96.8 Å². The smallest absolute Gasteiger partial charge is 0.129 e. The van der Waals surface area contributed by atoms with Gasteiger partial charge >= 0.3 is 0 Å². The normalized spacial score (nSPS) is 12.8. The minimum absolute atomic E-state index is 0.103. The van der Waals surface area contributed by atoms with Gasteiger partial charge in [-0.15, -0.1) is 0 Å². The Bertz CT molecular complexity index is 329. The Kier molecular flexibility index (Phi) is 4.90. The fourth-order valence-corrected chi connectivity index (χ4v) is 1.64. The lowest BCUT2D eigenvalue weighted by Crippen LogP contribution is -2.25. The molecule has 1 aromatic carbocycles. The summed E-state index contributed by atoms with van der Waals surface area (Å²) in [6.07, 6.45) is 0.197. The lowest BCUT2D eigenvalue weighted by atomic mass is 10.1. The van der Waals surface area contributed by atoms with Crippen LogP contribution in [-0.2, 0) is 11.3 Å². The van der Waals surface area contributed by atoms with Gasteiger partial charge in [0, 0.05) is 20.2 Å². The lowest BCUT2D eigenvalue weighted by Gasteiger charge is -2.12. The summed E-state index contributed by atoms with van der Waals surface area (Å²) in [6.45, 7) is 7.14. The van der Waals surface area contributed by atoms with E-state index in [0.29, 0.717) is 11.1 Å². The summed E-state index contributed by atoms with van der Waals surface area (Å²) >= 11 is 0. The Morgan fingerprint density at radius 2 is 1.88 bits per heavy atom. The first-order chi connectivity index (χ1) is 7.54. The second-order valence-electron chi connectivity index (χ2n) is 4.22. The van der Waals surface area contributed by atoms with Gasteiger partial charge in [-0.3, -0.25) is 0 Å². The van der Waals surface area contributed by atoms with E-state index in [2.05, 4.69) is 5.32 Å². The van der Waals surface area contributed by atoms with E-state index in [0.717, 1.165) is 18.7 Å². The summed E-state index contributed by atoms with van der Waals surface area (Å²) in [4.78, 5) is 0. The van der Waals surface area contributed by atoms with Gasteiger partial charge in [0.2, 0.25) is 0 Å². The third kappa shape index (κ3) is 3.58. The summed E-state index contributed by atoms with van der Waals surface area (Å²) in [5, 5.41) is 3.28. The summed E-state index contributed by atoms with van der Waals surface area (Å²) < 4.78 is 18.5. The van der Waals surface area contributed by atoms with Gasteiger partial charge in [0.25, 0.3) is 0 Å². The number of benzene rings is 1. The minimum Gasteiger partial charge on any atom is -0.380 e. The van der Waals surface area contributed by atoms with Crippen molar-refractivity contribution in [3.8, 4) is 0 Å². The van der Waals surface area contributed by atoms with E-state index >= 15 is 0 Å². The molecule has 1 unspecified atom stereocenters. The molecule has 3 heteroatoms. The standard InChI is InChI=1S/C13H20FNO/c1-9-5-12(6-10(2)13(9)14)8-15-7-11(3)16-4/h5-6,11,15H,7-8H2,1-4H3. The first-order valence-corrected chi connectivity index (χ1v) is 5.53. The Morgan fingerprint density at radius 1 is 1.31 bits per heavy atom. The largest absolute Gasteiger partial charge is 0.380 e. The number of hydrogen-bond donors (Lipinski definition) is 1. The minimum atomic E-state index is -0.103. The van der Waals surface area contributed by atoms with Crippen molar-refractivity contribution in [2.75, 3.05) is 13.7 Å². The van der Waals surface area contributed by atoms with Crippen LogP contribution in [0.2, 0.25) is 0 Å². The molecule has 0 saturated heterocycles. The Balaban J connectivity index is 2.55. The van der Waals surface area contributed by atoms with Crippen LogP contribution in [0.5, 0.6) is 0 Å². The van der Waals surface area contributed by atoms with Crippen molar-refractivity contribution in [2.24, 2.45) is 0 Å². The topological polar surface area (TPSA) is 21.3 Å². The van der Waals surface area contributed by atoms with E-state index in [1.165, 1.54) is 0 Å². The molecule has 0 spiro atoms. The molecule has 1 N–H and O–H groups in total. The molecule has 1 aromatic rings. The fraction of sp³-hybridized carbons (Fsp3) is 0.538. The van der Waals surface area contributed by atoms with Crippen LogP contribution in [0.4, 0.5) is 4.39 Å². The molecule has 0 amide bonds. The highest BCUT2D eigenvalue weighted by Gasteiger charge is 2.04.